The number of carbonyl (C=O) groups excluding carboxylic acids is 2. The zero-order valence-electron chi connectivity index (χ0n) is 5.22. The Balaban J connectivity index is 2.89. The van der Waals surface area contributed by atoms with Crippen LogP contribution in [-0.2, 0) is 9.59 Å². The predicted octanol–water partition coefficient (Wildman–Crippen LogP) is -0.135. The number of aliphatic imine (C=N–C) groups is 1. The number of carbonyl (C=O) groups is 2. The molecule has 0 bridgehead atoms. The van der Waals surface area contributed by atoms with Gasteiger partial charge in [0.1, 0.15) is 5.84 Å². The second-order valence-corrected chi connectivity index (χ2v) is 3.13. The highest BCUT2D eigenvalue weighted by Crippen LogP contribution is 2.06. The lowest BCUT2D eigenvalue weighted by Gasteiger charge is -2.12. The van der Waals surface area contributed by atoms with Gasteiger partial charge in [0.15, 0.2) is 3.92 Å². The van der Waals surface area contributed by atoms with Gasteiger partial charge in [0.2, 0.25) is 5.91 Å². The maximum atomic E-state index is 10.8. The molecule has 1 heterocycles. The summed E-state index contributed by atoms with van der Waals surface area (Å²) in [5.74, 6) is -0.275. The molecule has 0 saturated carbocycles. The molecule has 1 rings (SSSR count). The van der Waals surface area contributed by atoms with Gasteiger partial charge in [-0.3, -0.25) is 9.59 Å². The molecule has 0 fully saturated rings. The summed E-state index contributed by atoms with van der Waals surface area (Å²) in [6, 6.07) is 0. The van der Waals surface area contributed by atoms with Gasteiger partial charge in [0, 0.05) is 0 Å². The smallest absolute Gasteiger partial charge is 0.269 e. The Morgan fingerprint density at radius 2 is 2.20 bits per heavy atom. The van der Waals surface area contributed by atoms with Crippen molar-refractivity contribution in [1.29, 1.82) is 0 Å². The van der Waals surface area contributed by atoms with Gasteiger partial charge in [-0.25, -0.2) is 0 Å². The molecule has 0 radical (unpaired) electrons. The molecule has 10 heavy (non-hydrogen) atoms. The summed E-state index contributed by atoms with van der Waals surface area (Å²) in [5.41, 5.74) is 0. The first-order valence-corrected chi connectivity index (χ1v) is 3.90. The van der Waals surface area contributed by atoms with Crippen LogP contribution in [0, 0.1) is 0 Å². The van der Waals surface area contributed by atoms with E-state index >= 15 is 0 Å². The predicted molar refractivity (Wildman–Crippen MR) is 44.1 cm³/mol. The molecular formula is C5H5IN2O2. The number of nitrogens with zero attached hydrogens (tertiary/aromatic N) is 1. The van der Waals surface area contributed by atoms with E-state index in [4.69, 9.17) is 0 Å². The lowest BCUT2D eigenvalue weighted by Crippen LogP contribution is -2.43. The number of rotatable bonds is 0. The molecule has 5 heteroatoms. The van der Waals surface area contributed by atoms with E-state index in [1.807, 2.05) is 0 Å². The maximum Gasteiger partial charge on any atom is 0.269 e. The SMILES string of the molecule is CC1=NC(=O)C(I)C(=O)N1. The molecule has 0 aromatic rings. The molecule has 1 N–H and O–H groups in total. The fraction of sp³-hybridized carbons (Fsp3) is 0.400. The molecule has 0 aromatic carbocycles. The number of hydrogen-bond acceptors (Lipinski definition) is 2. The summed E-state index contributed by atoms with van der Waals surface area (Å²) >= 11 is 1.75. The number of nitrogens with one attached hydrogen (secondary N) is 1. The number of amides is 2. The topological polar surface area (TPSA) is 58.5 Å². The molecular weight excluding hydrogens is 247 g/mol. The zero-order valence-corrected chi connectivity index (χ0v) is 7.38. The van der Waals surface area contributed by atoms with Crippen LogP contribution < -0.4 is 5.32 Å². The average Bonchev–Trinajstić information content (AvgIpc) is 1.82. The van der Waals surface area contributed by atoms with Crippen molar-refractivity contribution in [3.8, 4) is 0 Å². The Bertz CT molecular complexity index is 224. The molecule has 0 spiro atoms. The molecule has 0 aromatic heterocycles. The fourth-order valence-corrected chi connectivity index (χ4v) is 0.899. The van der Waals surface area contributed by atoms with Crippen molar-refractivity contribution in [3.05, 3.63) is 0 Å². The molecule has 54 valence electrons. The second kappa shape index (κ2) is 2.65. The van der Waals surface area contributed by atoms with Gasteiger partial charge in [-0.2, -0.15) is 4.99 Å². The van der Waals surface area contributed by atoms with Gasteiger partial charge in [0.05, 0.1) is 0 Å². The Kier molecular flexibility index (Phi) is 2.02. The van der Waals surface area contributed by atoms with Crippen molar-refractivity contribution >= 4 is 40.2 Å². The van der Waals surface area contributed by atoms with Crippen LogP contribution in [0.3, 0.4) is 0 Å². The zero-order chi connectivity index (χ0) is 7.72. The summed E-state index contributed by atoms with van der Waals surface area (Å²) in [4.78, 5) is 25.1. The van der Waals surface area contributed by atoms with Crippen LogP contribution in [0.2, 0.25) is 0 Å². The standard InChI is InChI=1S/C5H5IN2O2/c1-2-7-4(9)3(6)5(10)8-2/h3H,1H3,(H,7,8,9,10). The summed E-state index contributed by atoms with van der Waals surface area (Å²) in [7, 11) is 0. The Labute approximate surface area is 71.2 Å². The number of amidine groups is 1. The molecule has 4 nitrogen and oxygen atoms in total. The normalized spacial score (nSPS) is 25.8. The van der Waals surface area contributed by atoms with Gasteiger partial charge in [-0.15, -0.1) is 0 Å². The van der Waals surface area contributed by atoms with Gasteiger partial charge in [-0.05, 0) is 6.92 Å². The van der Waals surface area contributed by atoms with E-state index in [0.29, 0.717) is 5.84 Å². The molecule has 1 aliphatic rings. The first-order valence-electron chi connectivity index (χ1n) is 2.65. The van der Waals surface area contributed by atoms with Crippen LogP contribution in [-0.4, -0.2) is 21.6 Å². The van der Waals surface area contributed by atoms with E-state index in [0.717, 1.165) is 0 Å². The van der Waals surface area contributed by atoms with Crippen molar-refractivity contribution in [2.45, 2.75) is 10.8 Å². The minimum atomic E-state index is -0.652. The summed E-state index contributed by atoms with van der Waals surface area (Å²) in [5, 5.41) is 2.44. The Hall–Kier alpha value is -0.460. The van der Waals surface area contributed by atoms with E-state index < -0.39 is 3.92 Å². The van der Waals surface area contributed by atoms with Gasteiger partial charge >= 0.3 is 0 Å². The molecule has 2 amide bonds. The third kappa shape index (κ3) is 1.34. The third-order valence-corrected chi connectivity index (χ3v) is 2.13. The van der Waals surface area contributed by atoms with Crippen molar-refractivity contribution in [3.63, 3.8) is 0 Å². The first-order chi connectivity index (χ1) is 4.61. The van der Waals surface area contributed by atoms with Crippen LogP contribution in [0.15, 0.2) is 4.99 Å². The van der Waals surface area contributed by atoms with E-state index in [-0.39, 0.29) is 11.8 Å². The first kappa shape index (κ1) is 7.64. The van der Waals surface area contributed by atoms with E-state index in [1.54, 1.807) is 29.5 Å². The fourth-order valence-electron chi connectivity index (χ4n) is 0.604. The van der Waals surface area contributed by atoms with Crippen LogP contribution in [0.5, 0.6) is 0 Å². The quantitative estimate of drug-likeness (QED) is 0.370. The molecule has 1 aliphatic heterocycles. The van der Waals surface area contributed by atoms with E-state index in [1.165, 1.54) is 0 Å². The highest BCUT2D eigenvalue weighted by atomic mass is 127. The Morgan fingerprint density at radius 1 is 1.60 bits per heavy atom. The van der Waals surface area contributed by atoms with Gasteiger partial charge < -0.3 is 5.32 Å². The average molecular weight is 252 g/mol. The lowest BCUT2D eigenvalue weighted by atomic mass is 10.3. The minimum absolute atomic E-state index is 0.280. The molecule has 1 atom stereocenters. The largest absolute Gasteiger partial charge is 0.313 e. The molecule has 1 unspecified atom stereocenters. The highest BCUT2D eigenvalue weighted by Gasteiger charge is 2.27. The van der Waals surface area contributed by atoms with Crippen molar-refractivity contribution < 1.29 is 9.59 Å². The summed E-state index contributed by atoms with van der Waals surface area (Å²) < 4.78 is -0.652. The van der Waals surface area contributed by atoms with Crippen LogP contribution in [0.4, 0.5) is 0 Å². The van der Waals surface area contributed by atoms with Gasteiger partial charge in [0.25, 0.3) is 5.91 Å². The van der Waals surface area contributed by atoms with E-state index in [2.05, 4.69) is 10.3 Å². The highest BCUT2D eigenvalue weighted by molar-refractivity contribution is 14.1. The maximum absolute atomic E-state index is 10.8. The van der Waals surface area contributed by atoms with E-state index in [9.17, 15) is 9.59 Å². The van der Waals surface area contributed by atoms with Crippen LogP contribution in [0.25, 0.3) is 0 Å². The van der Waals surface area contributed by atoms with Gasteiger partial charge in [-0.1, -0.05) is 22.6 Å². The van der Waals surface area contributed by atoms with Crippen molar-refractivity contribution in [2.75, 3.05) is 0 Å². The number of halogens is 1. The van der Waals surface area contributed by atoms with Crippen molar-refractivity contribution in [2.24, 2.45) is 4.99 Å². The summed E-state index contributed by atoms with van der Waals surface area (Å²) in [6.07, 6.45) is 0. The Morgan fingerprint density at radius 3 is 2.70 bits per heavy atom. The minimum Gasteiger partial charge on any atom is -0.313 e. The summed E-state index contributed by atoms with van der Waals surface area (Å²) in [6.45, 7) is 1.58. The van der Waals surface area contributed by atoms with Crippen molar-refractivity contribution in [1.82, 2.24) is 5.32 Å². The van der Waals surface area contributed by atoms with Crippen LogP contribution in [0.1, 0.15) is 6.92 Å². The number of hydrogen-bond donors (Lipinski definition) is 1. The van der Waals surface area contributed by atoms with Crippen LogP contribution >= 0.6 is 22.6 Å². The number of alkyl halides is 1. The third-order valence-electron chi connectivity index (χ3n) is 1.03. The second-order valence-electron chi connectivity index (χ2n) is 1.89. The monoisotopic (exact) mass is 252 g/mol. The lowest BCUT2D eigenvalue weighted by molar-refractivity contribution is -0.126. The molecule has 0 saturated heterocycles. The molecule has 0 aliphatic carbocycles.